The largest absolute Gasteiger partial charge is 0.379 e. The van der Waals surface area contributed by atoms with Crippen molar-refractivity contribution < 1.29 is 9.53 Å². The Morgan fingerprint density at radius 1 is 1.33 bits per heavy atom. The fourth-order valence-corrected chi connectivity index (χ4v) is 2.03. The molecule has 1 aromatic carbocycles. The molecular formula is C15H22Cl2N2O2. The lowest BCUT2D eigenvalue weighted by atomic mass is 10.2. The number of rotatable bonds is 7. The number of carbonyl (C=O) groups is 1. The molecule has 4 nitrogen and oxygen atoms in total. The second kappa shape index (κ2) is 9.13. The highest BCUT2D eigenvalue weighted by Crippen LogP contribution is 2.23. The molecule has 0 spiro atoms. The van der Waals surface area contributed by atoms with E-state index in [1.54, 1.807) is 24.1 Å². The molecule has 0 bridgehead atoms. The van der Waals surface area contributed by atoms with Crippen molar-refractivity contribution in [3.63, 3.8) is 0 Å². The Balaban J connectivity index is 2.32. The highest BCUT2D eigenvalue weighted by Gasteiger charge is 2.09. The van der Waals surface area contributed by atoms with Gasteiger partial charge in [-0.2, -0.15) is 0 Å². The minimum absolute atomic E-state index is 0.120. The molecule has 0 saturated heterocycles. The lowest BCUT2D eigenvalue weighted by Gasteiger charge is -2.18. The summed E-state index contributed by atoms with van der Waals surface area (Å²) in [7, 11) is 1.74. The first-order valence-electron chi connectivity index (χ1n) is 6.94. The van der Waals surface area contributed by atoms with Gasteiger partial charge in [0, 0.05) is 26.7 Å². The highest BCUT2D eigenvalue weighted by molar-refractivity contribution is 6.42. The predicted molar refractivity (Wildman–Crippen MR) is 87.0 cm³/mol. The maximum absolute atomic E-state index is 11.9. The van der Waals surface area contributed by atoms with Crippen molar-refractivity contribution in [2.24, 2.45) is 0 Å². The van der Waals surface area contributed by atoms with Crippen molar-refractivity contribution in [2.45, 2.75) is 32.9 Å². The van der Waals surface area contributed by atoms with Crippen LogP contribution in [-0.2, 0) is 11.3 Å². The monoisotopic (exact) mass is 332 g/mol. The van der Waals surface area contributed by atoms with E-state index in [0.717, 1.165) is 12.0 Å². The van der Waals surface area contributed by atoms with E-state index in [0.29, 0.717) is 29.7 Å². The molecule has 1 N–H and O–H groups in total. The van der Waals surface area contributed by atoms with Gasteiger partial charge in [0.25, 0.3) is 0 Å². The Morgan fingerprint density at radius 2 is 2.05 bits per heavy atom. The van der Waals surface area contributed by atoms with Gasteiger partial charge in [0.05, 0.1) is 16.1 Å². The molecule has 0 fully saturated rings. The number of ether oxygens (including phenoxy) is 1. The molecule has 0 aliphatic heterocycles. The molecule has 0 atom stereocenters. The van der Waals surface area contributed by atoms with Gasteiger partial charge < -0.3 is 15.0 Å². The third kappa shape index (κ3) is 7.02. The van der Waals surface area contributed by atoms with Crippen LogP contribution in [0.5, 0.6) is 0 Å². The summed E-state index contributed by atoms with van der Waals surface area (Å²) in [6.07, 6.45) is 1.02. The summed E-state index contributed by atoms with van der Waals surface area (Å²) in [5, 5.41) is 3.86. The van der Waals surface area contributed by atoms with Gasteiger partial charge in [-0.15, -0.1) is 0 Å². The van der Waals surface area contributed by atoms with E-state index < -0.39 is 0 Å². The normalized spacial score (nSPS) is 10.8. The zero-order valence-electron chi connectivity index (χ0n) is 12.7. The summed E-state index contributed by atoms with van der Waals surface area (Å²) in [6.45, 7) is 5.70. The molecule has 21 heavy (non-hydrogen) atoms. The van der Waals surface area contributed by atoms with Crippen LogP contribution in [0.15, 0.2) is 18.2 Å². The van der Waals surface area contributed by atoms with E-state index in [1.807, 2.05) is 19.9 Å². The van der Waals surface area contributed by atoms with Crippen LogP contribution in [0.2, 0.25) is 10.0 Å². The molecule has 0 heterocycles. The number of halogens is 2. The van der Waals surface area contributed by atoms with Crippen molar-refractivity contribution in [2.75, 3.05) is 20.2 Å². The first kappa shape index (κ1) is 18.1. The van der Waals surface area contributed by atoms with Crippen LogP contribution >= 0.6 is 23.2 Å². The lowest BCUT2D eigenvalue weighted by molar-refractivity contribution is 0.0772. The van der Waals surface area contributed by atoms with Crippen LogP contribution in [0, 0.1) is 0 Å². The van der Waals surface area contributed by atoms with Crippen molar-refractivity contribution in [1.29, 1.82) is 0 Å². The summed E-state index contributed by atoms with van der Waals surface area (Å²) in [4.78, 5) is 13.5. The second-order valence-electron chi connectivity index (χ2n) is 5.11. The molecule has 118 valence electrons. The fourth-order valence-electron chi connectivity index (χ4n) is 1.71. The van der Waals surface area contributed by atoms with Crippen molar-refractivity contribution >= 4 is 29.2 Å². The fraction of sp³-hybridized carbons (Fsp3) is 0.533. The third-order valence-electron chi connectivity index (χ3n) is 2.80. The first-order chi connectivity index (χ1) is 9.90. The van der Waals surface area contributed by atoms with Gasteiger partial charge in [-0.3, -0.25) is 0 Å². The molecule has 0 aliphatic carbocycles. The Kier molecular flexibility index (Phi) is 7.86. The summed E-state index contributed by atoms with van der Waals surface area (Å²) >= 11 is 11.8. The van der Waals surface area contributed by atoms with E-state index in [-0.39, 0.29) is 12.1 Å². The molecule has 0 aromatic heterocycles. The van der Waals surface area contributed by atoms with E-state index in [9.17, 15) is 4.79 Å². The smallest absolute Gasteiger partial charge is 0.317 e. The minimum atomic E-state index is -0.120. The molecule has 0 unspecified atom stereocenters. The number of benzene rings is 1. The van der Waals surface area contributed by atoms with Crippen LogP contribution in [0.3, 0.4) is 0 Å². The molecule has 0 aliphatic rings. The zero-order valence-corrected chi connectivity index (χ0v) is 14.2. The van der Waals surface area contributed by atoms with Crippen molar-refractivity contribution in [3.05, 3.63) is 33.8 Å². The minimum Gasteiger partial charge on any atom is -0.379 e. The van der Waals surface area contributed by atoms with Gasteiger partial charge in [0.1, 0.15) is 0 Å². The molecule has 0 radical (unpaired) electrons. The molecule has 2 amide bonds. The van der Waals surface area contributed by atoms with Gasteiger partial charge in [-0.05, 0) is 38.0 Å². The Labute approximate surface area is 136 Å². The number of amides is 2. The van der Waals surface area contributed by atoms with Crippen LogP contribution in [0.4, 0.5) is 4.79 Å². The number of nitrogens with one attached hydrogen (secondary N) is 1. The zero-order chi connectivity index (χ0) is 15.8. The van der Waals surface area contributed by atoms with Gasteiger partial charge in [0.2, 0.25) is 0 Å². The summed E-state index contributed by atoms with van der Waals surface area (Å²) in [5.74, 6) is 0. The molecular weight excluding hydrogens is 311 g/mol. The number of carbonyl (C=O) groups excluding carboxylic acids is 1. The third-order valence-corrected chi connectivity index (χ3v) is 3.54. The first-order valence-corrected chi connectivity index (χ1v) is 7.70. The van der Waals surface area contributed by atoms with E-state index >= 15 is 0 Å². The van der Waals surface area contributed by atoms with Crippen LogP contribution in [0.1, 0.15) is 25.8 Å². The van der Waals surface area contributed by atoms with E-state index in [4.69, 9.17) is 27.9 Å². The van der Waals surface area contributed by atoms with Crippen molar-refractivity contribution in [1.82, 2.24) is 10.2 Å². The van der Waals surface area contributed by atoms with E-state index in [1.165, 1.54) is 0 Å². The van der Waals surface area contributed by atoms with Gasteiger partial charge in [-0.1, -0.05) is 29.3 Å². The topological polar surface area (TPSA) is 41.6 Å². The SMILES string of the molecule is CC(C)OCCCNC(=O)N(C)Cc1ccc(Cl)c(Cl)c1. The van der Waals surface area contributed by atoms with Crippen LogP contribution in [-0.4, -0.2) is 37.2 Å². The maximum Gasteiger partial charge on any atom is 0.317 e. The Hall–Kier alpha value is -0.970. The second-order valence-corrected chi connectivity index (χ2v) is 5.92. The average Bonchev–Trinajstić information content (AvgIpc) is 2.42. The average molecular weight is 333 g/mol. The van der Waals surface area contributed by atoms with Gasteiger partial charge >= 0.3 is 6.03 Å². The number of hydrogen-bond acceptors (Lipinski definition) is 2. The van der Waals surface area contributed by atoms with Gasteiger partial charge in [0.15, 0.2) is 0 Å². The molecule has 1 aromatic rings. The number of nitrogens with zero attached hydrogens (tertiary/aromatic N) is 1. The quantitative estimate of drug-likeness (QED) is 0.768. The molecule has 1 rings (SSSR count). The molecule has 0 saturated carbocycles. The maximum atomic E-state index is 11.9. The standard InChI is InChI=1S/C15H22Cl2N2O2/c1-11(2)21-8-4-7-18-15(20)19(3)10-12-5-6-13(16)14(17)9-12/h5-6,9,11H,4,7-8,10H2,1-3H3,(H,18,20). The summed E-state index contributed by atoms with van der Waals surface area (Å²) in [6, 6.07) is 5.23. The molecule has 6 heteroatoms. The summed E-state index contributed by atoms with van der Waals surface area (Å²) < 4.78 is 5.41. The summed E-state index contributed by atoms with van der Waals surface area (Å²) in [5.41, 5.74) is 0.935. The van der Waals surface area contributed by atoms with Gasteiger partial charge in [-0.25, -0.2) is 4.79 Å². The number of hydrogen-bond donors (Lipinski definition) is 1. The highest BCUT2D eigenvalue weighted by atomic mass is 35.5. The van der Waals surface area contributed by atoms with Crippen molar-refractivity contribution in [3.8, 4) is 0 Å². The Bertz CT molecular complexity index is 467. The number of urea groups is 1. The van der Waals surface area contributed by atoms with Crippen LogP contribution in [0.25, 0.3) is 0 Å². The lowest BCUT2D eigenvalue weighted by Crippen LogP contribution is -2.37. The predicted octanol–water partition coefficient (Wildman–Crippen LogP) is 3.95. The van der Waals surface area contributed by atoms with Crippen LogP contribution < -0.4 is 5.32 Å². The van der Waals surface area contributed by atoms with E-state index in [2.05, 4.69) is 5.32 Å². The Morgan fingerprint density at radius 3 is 2.67 bits per heavy atom.